The molecule has 0 heterocycles. The van der Waals surface area contributed by atoms with Gasteiger partial charge in [-0.05, 0) is 19.1 Å². The Kier molecular flexibility index (Phi) is 4.58. The van der Waals surface area contributed by atoms with E-state index in [1.165, 1.54) is 19.1 Å². The maximum atomic E-state index is 12.2. The summed E-state index contributed by atoms with van der Waals surface area (Å²) < 4.78 is 25.4. The Balaban J connectivity index is 3.27. The molecule has 1 aromatic rings. The average molecular weight is 283 g/mol. The van der Waals surface area contributed by atoms with Gasteiger partial charge in [0, 0.05) is 18.2 Å². The van der Waals surface area contributed by atoms with Gasteiger partial charge >= 0.3 is 0 Å². The standard InChI is InChI=1S/C11H13N3O4S/c1-3-13(7-6-12)19(17,18)10-4-5-11(14(15)16)9(2)8-10/h4-5,8H,3,7H2,1-2H3. The minimum atomic E-state index is -3.79. The third kappa shape index (κ3) is 3.07. The summed E-state index contributed by atoms with van der Waals surface area (Å²) in [6.45, 7) is 2.99. The molecule has 0 aliphatic carbocycles. The summed E-state index contributed by atoms with van der Waals surface area (Å²) in [7, 11) is -3.79. The van der Waals surface area contributed by atoms with E-state index >= 15 is 0 Å². The van der Waals surface area contributed by atoms with Crippen molar-refractivity contribution in [3.63, 3.8) is 0 Å². The molecule has 0 amide bonds. The van der Waals surface area contributed by atoms with Crippen LogP contribution in [0.25, 0.3) is 0 Å². The smallest absolute Gasteiger partial charge is 0.258 e. The Morgan fingerprint density at radius 3 is 2.53 bits per heavy atom. The summed E-state index contributed by atoms with van der Waals surface area (Å²) in [5, 5.41) is 19.3. The lowest BCUT2D eigenvalue weighted by Crippen LogP contribution is -2.31. The van der Waals surface area contributed by atoms with Crippen LogP contribution in [0, 0.1) is 28.4 Å². The summed E-state index contributed by atoms with van der Waals surface area (Å²) in [4.78, 5) is 10.1. The summed E-state index contributed by atoms with van der Waals surface area (Å²) in [5.41, 5.74) is 0.126. The van der Waals surface area contributed by atoms with Crippen molar-refractivity contribution in [3.05, 3.63) is 33.9 Å². The minimum absolute atomic E-state index is 0.0484. The van der Waals surface area contributed by atoms with Gasteiger partial charge in [-0.25, -0.2) is 8.42 Å². The zero-order valence-electron chi connectivity index (χ0n) is 10.5. The van der Waals surface area contributed by atoms with Crippen molar-refractivity contribution < 1.29 is 13.3 Å². The Bertz CT molecular complexity index is 634. The molecule has 8 heteroatoms. The molecule has 102 valence electrons. The largest absolute Gasteiger partial charge is 0.272 e. The second-order valence-electron chi connectivity index (χ2n) is 3.79. The van der Waals surface area contributed by atoms with Gasteiger partial charge in [-0.15, -0.1) is 0 Å². The van der Waals surface area contributed by atoms with Crippen LogP contribution >= 0.6 is 0 Å². The zero-order chi connectivity index (χ0) is 14.6. The highest BCUT2D eigenvalue weighted by atomic mass is 32.2. The van der Waals surface area contributed by atoms with E-state index in [2.05, 4.69) is 0 Å². The maximum absolute atomic E-state index is 12.2. The molecule has 0 unspecified atom stereocenters. The first-order chi connectivity index (χ1) is 8.84. The van der Waals surface area contributed by atoms with Gasteiger partial charge in [0.15, 0.2) is 0 Å². The van der Waals surface area contributed by atoms with Crippen LogP contribution in [0.1, 0.15) is 12.5 Å². The van der Waals surface area contributed by atoms with Gasteiger partial charge in [-0.2, -0.15) is 9.57 Å². The molecular formula is C11H13N3O4S. The van der Waals surface area contributed by atoms with Gasteiger partial charge < -0.3 is 0 Å². The monoisotopic (exact) mass is 283 g/mol. The van der Waals surface area contributed by atoms with Crippen molar-refractivity contribution in [2.45, 2.75) is 18.7 Å². The van der Waals surface area contributed by atoms with E-state index in [4.69, 9.17) is 5.26 Å². The first-order valence-corrected chi connectivity index (χ1v) is 6.90. The predicted molar refractivity (Wildman–Crippen MR) is 67.9 cm³/mol. The highest BCUT2D eigenvalue weighted by molar-refractivity contribution is 7.89. The number of nitro benzene ring substituents is 1. The van der Waals surface area contributed by atoms with Crippen molar-refractivity contribution in [3.8, 4) is 6.07 Å². The average Bonchev–Trinajstić information content (AvgIpc) is 2.34. The Morgan fingerprint density at radius 2 is 2.11 bits per heavy atom. The molecule has 7 nitrogen and oxygen atoms in total. The number of sulfonamides is 1. The van der Waals surface area contributed by atoms with Crippen molar-refractivity contribution >= 4 is 15.7 Å². The summed E-state index contributed by atoms with van der Waals surface area (Å²) >= 11 is 0. The van der Waals surface area contributed by atoms with E-state index in [0.717, 1.165) is 10.4 Å². The first kappa shape index (κ1) is 15.1. The molecule has 0 saturated heterocycles. The summed E-state index contributed by atoms with van der Waals surface area (Å²) in [6.07, 6.45) is 0. The van der Waals surface area contributed by atoms with E-state index in [9.17, 15) is 18.5 Å². The van der Waals surface area contributed by atoms with Crippen molar-refractivity contribution in [1.29, 1.82) is 5.26 Å². The highest BCUT2D eigenvalue weighted by Gasteiger charge is 2.24. The fourth-order valence-corrected chi connectivity index (χ4v) is 3.02. The van der Waals surface area contributed by atoms with E-state index in [1.54, 1.807) is 13.0 Å². The molecule has 0 atom stereocenters. The molecule has 1 rings (SSSR count). The molecule has 1 aromatic carbocycles. The fourth-order valence-electron chi connectivity index (χ4n) is 1.59. The van der Waals surface area contributed by atoms with Crippen LogP contribution in [0.4, 0.5) is 5.69 Å². The molecule has 0 fully saturated rings. The van der Waals surface area contributed by atoms with Gasteiger partial charge in [0.2, 0.25) is 10.0 Å². The number of benzene rings is 1. The Hall–Kier alpha value is -1.98. The second kappa shape index (κ2) is 5.77. The van der Waals surface area contributed by atoms with Crippen molar-refractivity contribution in [2.75, 3.05) is 13.1 Å². The van der Waals surface area contributed by atoms with Crippen LogP contribution in [0.5, 0.6) is 0 Å². The molecular weight excluding hydrogens is 270 g/mol. The van der Waals surface area contributed by atoms with Gasteiger partial charge in [-0.3, -0.25) is 10.1 Å². The molecule has 0 radical (unpaired) electrons. The molecule has 0 aromatic heterocycles. The third-order valence-corrected chi connectivity index (χ3v) is 4.52. The molecule has 0 aliphatic heterocycles. The lowest BCUT2D eigenvalue weighted by atomic mass is 10.2. The number of rotatable bonds is 5. The van der Waals surface area contributed by atoms with Gasteiger partial charge in [0.1, 0.15) is 6.54 Å². The maximum Gasteiger partial charge on any atom is 0.272 e. The number of hydrogen-bond acceptors (Lipinski definition) is 5. The topological polar surface area (TPSA) is 104 Å². The molecule has 0 N–H and O–H groups in total. The molecule has 0 bridgehead atoms. The SMILES string of the molecule is CCN(CC#N)S(=O)(=O)c1ccc([N+](=O)[O-])c(C)c1. The van der Waals surface area contributed by atoms with Crippen LogP contribution in [0.3, 0.4) is 0 Å². The lowest BCUT2D eigenvalue weighted by Gasteiger charge is -2.17. The highest BCUT2D eigenvalue weighted by Crippen LogP contribution is 2.23. The van der Waals surface area contributed by atoms with Crippen LogP contribution in [0.15, 0.2) is 23.1 Å². The normalized spacial score (nSPS) is 11.3. The fraction of sp³-hybridized carbons (Fsp3) is 0.364. The van der Waals surface area contributed by atoms with Crippen LogP contribution in [-0.4, -0.2) is 30.7 Å². The molecule has 0 aliphatic rings. The van der Waals surface area contributed by atoms with E-state index < -0.39 is 14.9 Å². The number of aryl methyl sites for hydroxylation is 1. The number of hydrogen-bond donors (Lipinski definition) is 0. The van der Waals surface area contributed by atoms with Crippen LogP contribution in [0.2, 0.25) is 0 Å². The third-order valence-electron chi connectivity index (χ3n) is 2.60. The molecule has 19 heavy (non-hydrogen) atoms. The van der Waals surface area contributed by atoms with Crippen LogP contribution in [-0.2, 0) is 10.0 Å². The Morgan fingerprint density at radius 1 is 1.47 bits per heavy atom. The quantitative estimate of drug-likeness (QED) is 0.462. The van der Waals surface area contributed by atoms with E-state index in [-0.39, 0.29) is 29.2 Å². The van der Waals surface area contributed by atoms with Gasteiger partial charge in [-0.1, -0.05) is 6.92 Å². The molecule has 0 spiro atoms. The van der Waals surface area contributed by atoms with E-state index in [1.807, 2.05) is 0 Å². The zero-order valence-corrected chi connectivity index (χ0v) is 11.3. The number of nitriles is 1. The number of nitrogens with zero attached hydrogens (tertiary/aromatic N) is 3. The minimum Gasteiger partial charge on any atom is -0.258 e. The Labute approximate surface area is 111 Å². The van der Waals surface area contributed by atoms with Crippen LogP contribution < -0.4 is 0 Å². The van der Waals surface area contributed by atoms with Crippen molar-refractivity contribution in [2.24, 2.45) is 0 Å². The predicted octanol–water partition coefficient (Wildman–Crippen LogP) is 1.44. The van der Waals surface area contributed by atoms with Gasteiger partial charge in [0.05, 0.1) is 15.9 Å². The van der Waals surface area contributed by atoms with E-state index in [0.29, 0.717) is 0 Å². The second-order valence-corrected chi connectivity index (χ2v) is 5.73. The van der Waals surface area contributed by atoms with Crippen molar-refractivity contribution in [1.82, 2.24) is 4.31 Å². The molecule has 0 saturated carbocycles. The number of nitro groups is 1. The van der Waals surface area contributed by atoms with Gasteiger partial charge in [0.25, 0.3) is 5.69 Å². The summed E-state index contributed by atoms with van der Waals surface area (Å²) in [6, 6.07) is 5.36. The first-order valence-electron chi connectivity index (χ1n) is 5.46. The summed E-state index contributed by atoms with van der Waals surface area (Å²) in [5.74, 6) is 0. The lowest BCUT2D eigenvalue weighted by molar-refractivity contribution is -0.385.